The highest BCUT2D eigenvalue weighted by Crippen LogP contribution is 2.10. The van der Waals surface area contributed by atoms with E-state index in [2.05, 4.69) is 23.7 Å². The summed E-state index contributed by atoms with van der Waals surface area (Å²) >= 11 is 1.38. The molecule has 112 valence electrons. The SMILES string of the molecule is CC(C)N1CCN(C(=O)c2cnc3sccn3c2=O)CC1. The second kappa shape index (κ2) is 5.57. The number of nitrogens with zero attached hydrogens (tertiary/aromatic N) is 4. The van der Waals surface area contributed by atoms with Gasteiger partial charge in [0.2, 0.25) is 0 Å². The fourth-order valence-electron chi connectivity index (χ4n) is 2.58. The molecule has 1 aliphatic heterocycles. The van der Waals surface area contributed by atoms with Crippen LogP contribution in [-0.2, 0) is 0 Å². The summed E-state index contributed by atoms with van der Waals surface area (Å²) in [4.78, 5) is 33.7. The molecule has 0 N–H and O–H groups in total. The first-order valence-electron chi connectivity index (χ1n) is 7.06. The van der Waals surface area contributed by atoms with Gasteiger partial charge in [-0.1, -0.05) is 0 Å². The Balaban J connectivity index is 1.81. The average Bonchev–Trinajstić information content (AvgIpc) is 2.96. The fourth-order valence-corrected chi connectivity index (χ4v) is 3.26. The molecule has 1 saturated heterocycles. The van der Waals surface area contributed by atoms with Crippen molar-refractivity contribution in [3.63, 3.8) is 0 Å². The van der Waals surface area contributed by atoms with E-state index in [0.29, 0.717) is 24.1 Å². The molecule has 2 aromatic rings. The Kier molecular flexibility index (Phi) is 3.77. The molecular weight excluding hydrogens is 288 g/mol. The third-order valence-electron chi connectivity index (χ3n) is 3.90. The Bertz CT molecular complexity index is 713. The number of carbonyl (C=O) groups is 1. The van der Waals surface area contributed by atoms with Crippen molar-refractivity contribution >= 4 is 22.2 Å². The Labute approximate surface area is 126 Å². The van der Waals surface area contributed by atoms with Gasteiger partial charge in [-0.05, 0) is 13.8 Å². The lowest BCUT2D eigenvalue weighted by Crippen LogP contribution is -2.51. The lowest BCUT2D eigenvalue weighted by molar-refractivity contribution is 0.0593. The molecule has 0 radical (unpaired) electrons. The van der Waals surface area contributed by atoms with Crippen LogP contribution >= 0.6 is 11.3 Å². The number of fused-ring (bicyclic) bond motifs is 1. The fraction of sp³-hybridized carbons (Fsp3) is 0.500. The van der Waals surface area contributed by atoms with Gasteiger partial charge in [-0.15, -0.1) is 11.3 Å². The number of carbonyl (C=O) groups excluding carboxylic acids is 1. The maximum absolute atomic E-state index is 12.5. The number of aromatic nitrogens is 2. The first-order chi connectivity index (χ1) is 10.1. The number of piperazine rings is 1. The molecule has 0 aliphatic carbocycles. The summed E-state index contributed by atoms with van der Waals surface area (Å²) in [6.45, 7) is 7.31. The van der Waals surface area contributed by atoms with Gasteiger partial charge in [0.1, 0.15) is 5.56 Å². The minimum atomic E-state index is -0.280. The zero-order chi connectivity index (χ0) is 15.0. The second-order valence-electron chi connectivity index (χ2n) is 5.45. The first kappa shape index (κ1) is 14.2. The van der Waals surface area contributed by atoms with Crippen molar-refractivity contribution in [2.45, 2.75) is 19.9 Å². The smallest absolute Gasteiger partial charge is 0.271 e. The van der Waals surface area contributed by atoms with Crippen LogP contribution in [0.5, 0.6) is 0 Å². The molecule has 0 spiro atoms. The summed E-state index contributed by atoms with van der Waals surface area (Å²) in [5.74, 6) is -0.212. The predicted octanol–water partition coefficient (Wildman–Crippen LogP) is 0.922. The number of hydrogen-bond acceptors (Lipinski definition) is 5. The summed E-state index contributed by atoms with van der Waals surface area (Å²) in [6, 6.07) is 0.483. The van der Waals surface area contributed by atoms with E-state index in [1.54, 1.807) is 16.5 Å². The molecule has 1 fully saturated rings. The zero-order valence-corrected chi connectivity index (χ0v) is 13.0. The van der Waals surface area contributed by atoms with E-state index in [9.17, 15) is 9.59 Å². The first-order valence-corrected chi connectivity index (χ1v) is 7.94. The van der Waals surface area contributed by atoms with Crippen molar-refractivity contribution in [3.05, 3.63) is 33.7 Å². The van der Waals surface area contributed by atoms with Gasteiger partial charge in [0.25, 0.3) is 11.5 Å². The highest BCUT2D eigenvalue weighted by molar-refractivity contribution is 7.15. The van der Waals surface area contributed by atoms with E-state index in [0.717, 1.165) is 13.1 Å². The predicted molar refractivity (Wildman–Crippen MR) is 82.0 cm³/mol. The van der Waals surface area contributed by atoms with Crippen molar-refractivity contribution in [3.8, 4) is 0 Å². The number of thiazole rings is 1. The molecule has 0 aromatic carbocycles. The standard InChI is InChI=1S/C14H18N4O2S/c1-10(2)16-3-5-17(6-4-16)12(19)11-9-15-14-18(13(11)20)7-8-21-14/h7-10H,3-6H2,1-2H3. The molecule has 0 unspecified atom stereocenters. The van der Waals surface area contributed by atoms with Crippen molar-refractivity contribution < 1.29 is 4.79 Å². The Morgan fingerprint density at radius 1 is 1.29 bits per heavy atom. The molecule has 6 nitrogen and oxygen atoms in total. The molecule has 21 heavy (non-hydrogen) atoms. The quantitative estimate of drug-likeness (QED) is 0.828. The minimum absolute atomic E-state index is 0.156. The van der Waals surface area contributed by atoms with Gasteiger partial charge < -0.3 is 4.90 Å². The maximum atomic E-state index is 12.5. The van der Waals surface area contributed by atoms with Crippen LogP contribution in [0.4, 0.5) is 0 Å². The van der Waals surface area contributed by atoms with Crippen molar-refractivity contribution in [2.24, 2.45) is 0 Å². The number of hydrogen-bond donors (Lipinski definition) is 0. The van der Waals surface area contributed by atoms with Crippen molar-refractivity contribution in [1.29, 1.82) is 0 Å². The number of amides is 1. The second-order valence-corrected chi connectivity index (χ2v) is 6.33. The van der Waals surface area contributed by atoms with E-state index < -0.39 is 0 Å². The van der Waals surface area contributed by atoms with Crippen LogP contribution < -0.4 is 5.56 Å². The molecular formula is C14H18N4O2S. The molecule has 1 aliphatic rings. The van der Waals surface area contributed by atoms with Crippen LogP contribution in [0.3, 0.4) is 0 Å². The highest BCUT2D eigenvalue weighted by atomic mass is 32.1. The third-order valence-corrected chi connectivity index (χ3v) is 4.68. The van der Waals surface area contributed by atoms with Gasteiger partial charge in [-0.3, -0.25) is 18.9 Å². The maximum Gasteiger partial charge on any atom is 0.271 e. The van der Waals surface area contributed by atoms with Crippen LogP contribution in [0.2, 0.25) is 0 Å². The van der Waals surface area contributed by atoms with E-state index in [4.69, 9.17) is 0 Å². The topological polar surface area (TPSA) is 57.9 Å². The van der Waals surface area contributed by atoms with Gasteiger partial charge in [-0.2, -0.15) is 0 Å². The molecule has 1 amide bonds. The molecule has 0 saturated carbocycles. The average molecular weight is 306 g/mol. The van der Waals surface area contributed by atoms with Gasteiger partial charge in [0.15, 0.2) is 4.96 Å². The molecule has 3 rings (SSSR count). The van der Waals surface area contributed by atoms with Crippen LogP contribution in [0.25, 0.3) is 4.96 Å². The largest absolute Gasteiger partial charge is 0.336 e. The highest BCUT2D eigenvalue weighted by Gasteiger charge is 2.25. The molecule has 0 atom stereocenters. The molecule has 7 heteroatoms. The van der Waals surface area contributed by atoms with Gasteiger partial charge in [0, 0.05) is 50.0 Å². The summed E-state index contributed by atoms with van der Waals surface area (Å²) in [5, 5.41) is 1.79. The van der Waals surface area contributed by atoms with Gasteiger partial charge in [0.05, 0.1) is 0 Å². The Hall–Kier alpha value is -1.73. The minimum Gasteiger partial charge on any atom is -0.336 e. The summed E-state index contributed by atoms with van der Waals surface area (Å²) in [5.41, 5.74) is -0.124. The van der Waals surface area contributed by atoms with Crippen molar-refractivity contribution in [1.82, 2.24) is 19.2 Å². The monoisotopic (exact) mass is 306 g/mol. The molecule has 2 aromatic heterocycles. The van der Waals surface area contributed by atoms with Crippen molar-refractivity contribution in [2.75, 3.05) is 26.2 Å². The number of rotatable bonds is 2. The van der Waals surface area contributed by atoms with Crippen LogP contribution in [-0.4, -0.2) is 57.3 Å². The van der Waals surface area contributed by atoms with Crippen LogP contribution in [0, 0.1) is 0 Å². The summed E-state index contributed by atoms with van der Waals surface area (Å²) in [7, 11) is 0. The van der Waals surface area contributed by atoms with E-state index in [1.807, 2.05) is 0 Å². The van der Waals surface area contributed by atoms with E-state index in [-0.39, 0.29) is 17.0 Å². The van der Waals surface area contributed by atoms with E-state index >= 15 is 0 Å². The lowest BCUT2D eigenvalue weighted by atomic mass is 10.2. The van der Waals surface area contributed by atoms with Gasteiger partial charge >= 0.3 is 0 Å². The summed E-state index contributed by atoms with van der Waals surface area (Å²) < 4.78 is 1.43. The normalized spacial score (nSPS) is 16.8. The lowest BCUT2D eigenvalue weighted by Gasteiger charge is -2.36. The van der Waals surface area contributed by atoms with Crippen LogP contribution in [0.15, 0.2) is 22.6 Å². The van der Waals surface area contributed by atoms with Crippen LogP contribution in [0.1, 0.15) is 24.2 Å². The Morgan fingerprint density at radius 2 is 2.00 bits per heavy atom. The van der Waals surface area contributed by atoms with Gasteiger partial charge in [-0.25, -0.2) is 4.98 Å². The summed E-state index contributed by atoms with van der Waals surface area (Å²) in [6.07, 6.45) is 3.06. The van der Waals surface area contributed by atoms with E-state index in [1.165, 1.54) is 21.9 Å². The molecule has 0 bridgehead atoms. The molecule has 3 heterocycles. The third kappa shape index (κ3) is 2.58. The zero-order valence-electron chi connectivity index (χ0n) is 12.2. The Morgan fingerprint density at radius 3 is 2.67 bits per heavy atom.